The van der Waals surface area contributed by atoms with Gasteiger partial charge >= 0.3 is 39.5 Å². The molecule has 0 amide bonds. The third-order valence-electron chi connectivity index (χ3n) is 19.6. The van der Waals surface area contributed by atoms with Crippen LogP contribution < -0.4 is 0 Å². The number of hydrogen-bond acceptors (Lipinski definition) is 15. The van der Waals surface area contributed by atoms with Crippen LogP contribution in [0.2, 0.25) is 0 Å². The summed E-state index contributed by atoms with van der Waals surface area (Å²) >= 11 is 0. The van der Waals surface area contributed by atoms with Gasteiger partial charge in [-0.25, -0.2) is 9.13 Å². The van der Waals surface area contributed by atoms with E-state index in [1.165, 1.54) is 250 Å². The average Bonchev–Trinajstić information content (AvgIpc) is 0.908. The van der Waals surface area contributed by atoms with Crippen molar-refractivity contribution in [3.63, 3.8) is 0 Å². The van der Waals surface area contributed by atoms with Crippen molar-refractivity contribution >= 4 is 39.5 Å². The molecule has 0 fully saturated rings. The van der Waals surface area contributed by atoms with Crippen LogP contribution in [0.1, 0.15) is 440 Å². The Balaban J connectivity index is 5.26. The summed E-state index contributed by atoms with van der Waals surface area (Å²) < 4.78 is 68.8. The highest BCUT2D eigenvalue weighted by atomic mass is 31.2. The fraction of sp³-hybridized carbons (Fsp3) is 0.952. The Morgan fingerprint density at radius 3 is 0.660 bits per heavy atom. The summed E-state index contributed by atoms with van der Waals surface area (Å²) in [5, 5.41) is 10.7. The van der Waals surface area contributed by atoms with Crippen molar-refractivity contribution in [2.24, 2.45) is 17.8 Å². The molecule has 0 heterocycles. The van der Waals surface area contributed by atoms with E-state index >= 15 is 0 Å². The molecule has 17 nitrogen and oxygen atoms in total. The Hall–Kier alpha value is -1.94. The maximum atomic E-state index is 13.1. The summed E-state index contributed by atoms with van der Waals surface area (Å²) in [7, 11) is -9.93. The molecule has 0 saturated heterocycles. The highest BCUT2D eigenvalue weighted by Gasteiger charge is 2.30. The number of aliphatic hydroxyl groups is 1. The molecule has 0 aliphatic carbocycles. The number of phosphoric acid groups is 2. The van der Waals surface area contributed by atoms with E-state index in [0.29, 0.717) is 25.7 Å². The minimum Gasteiger partial charge on any atom is -0.462 e. The van der Waals surface area contributed by atoms with Crippen LogP contribution in [0.3, 0.4) is 0 Å². The minimum absolute atomic E-state index is 0.107. The molecular weight excluding hydrogens is 1340 g/mol. The highest BCUT2D eigenvalue weighted by molar-refractivity contribution is 7.47. The first kappa shape index (κ1) is 101. The number of ether oxygens (including phenoxy) is 4. The Bertz CT molecular complexity index is 1990. The van der Waals surface area contributed by atoms with Crippen molar-refractivity contribution < 1.29 is 80.2 Å². The topological polar surface area (TPSA) is 237 Å². The number of carbonyl (C=O) groups is 4. The fourth-order valence-corrected chi connectivity index (χ4v) is 14.6. The van der Waals surface area contributed by atoms with E-state index in [2.05, 4.69) is 48.5 Å². The number of aliphatic hydroxyl groups excluding tert-OH is 1. The predicted octanol–water partition coefficient (Wildman–Crippen LogP) is 25.3. The van der Waals surface area contributed by atoms with Gasteiger partial charge in [0.1, 0.15) is 19.3 Å². The van der Waals surface area contributed by atoms with E-state index in [9.17, 15) is 43.2 Å². The van der Waals surface area contributed by atoms with Crippen molar-refractivity contribution in [3.8, 4) is 0 Å². The van der Waals surface area contributed by atoms with Crippen LogP contribution in [-0.4, -0.2) is 96.7 Å². The average molecular weight is 1510 g/mol. The lowest BCUT2D eigenvalue weighted by molar-refractivity contribution is -0.161. The van der Waals surface area contributed by atoms with Gasteiger partial charge in [0.15, 0.2) is 12.2 Å². The van der Waals surface area contributed by atoms with E-state index in [1.54, 1.807) is 0 Å². The first-order chi connectivity index (χ1) is 49.7. The second-order valence-corrected chi connectivity index (χ2v) is 34.6. The van der Waals surface area contributed by atoms with Crippen molar-refractivity contribution in [3.05, 3.63) is 0 Å². The lowest BCUT2D eigenvalue weighted by Gasteiger charge is -2.21. The van der Waals surface area contributed by atoms with Crippen LogP contribution in [0.5, 0.6) is 0 Å². The van der Waals surface area contributed by atoms with Gasteiger partial charge in [-0.1, -0.05) is 389 Å². The van der Waals surface area contributed by atoms with Crippen molar-refractivity contribution in [2.45, 2.75) is 458 Å². The molecule has 0 spiro atoms. The zero-order valence-electron chi connectivity index (χ0n) is 67.8. The number of unbranched alkanes of at least 4 members (excludes halogenated alkanes) is 50. The molecule has 2 unspecified atom stereocenters. The molecule has 19 heteroatoms. The highest BCUT2D eigenvalue weighted by Crippen LogP contribution is 2.45. The first-order valence-corrected chi connectivity index (χ1v) is 46.3. The number of rotatable bonds is 82. The normalized spacial score (nSPS) is 13.9. The van der Waals surface area contributed by atoms with Crippen molar-refractivity contribution in [1.82, 2.24) is 0 Å². The number of phosphoric ester groups is 2. The van der Waals surface area contributed by atoms with E-state index in [4.69, 9.17) is 37.0 Å². The van der Waals surface area contributed by atoms with Crippen LogP contribution in [0, 0.1) is 17.8 Å². The van der Waals surface area contributed by atoms with Gasteiger partial charge in [-0.2, -0.15) is 0 Å². The quantitative estimate of drug-likeness (QED) is 0.0222. The second kappa shape index (κ2) is 74.2. The molecule has 0 rings (SSSR count). The molecule has 0 bridgehead atoms. The molecule has 103 heavy (non-hydrogen) atoms. The van der Waals surface area contributed by atoms with Crippen LogP contribution in [0.25, 0.3) is 0 Å². The SMILES string of the molecule is CCCCCCCCCCCCCCC(=O)OC[C@H](COP(=O)(O)OC[C@H](O)COP(=O)(O)OC[C@@H](COC(=O)CCCCCCCCCCCCCCCCCC(C)C)OC(=O)CCCCCCCCCCCCCCCCCCC(C)C)OC(=O)CCCCCCCCCCCCCC(C)C. The number of esters is 4. The molecule has 0 aromatic rings. The molecule has 0 aliphatic rings. The standard InChI is InChI=1S/C84H164O17P2/c1-8-9-10-11-12-13-14-30-37-44-51-58-65-81(86)94-71-80(101-84(89)68-61-54-47-40-33-26-29-36-43-50-57-64-77(6)7)74-99-103(92,93)97-70-78(85)69-96-102(90,91)98-73-79(72-95-82(87)66-59-52-45-38-31-24-21-17-19-23-28-35-42-49-56-63-76(4)5)100-83(88)67-60-53-46-39-32-25-20-16-15-18-22-27-34-41-48-55-62-75(2)3/h75-80,85H,8-74H2,1-7H3,(H,90,91)(H,92,93)/t78-,79-,80-/m1/s1. The molecule has 0 radical (unpaired) electrons. The van der Waals surface area contributed by atoms with Gasteiger partial charge in [0.05, 0.1) is 26.4 Å². The zero-order valence-corrected chi connectivity index (χ0v) is 69.6. The minimum atomic E-state index is -4.97. The summed E-state index contributed by atoms with van der Waals surface area (Å²) in [6.07, 6.45) is 63.7. The van der Waals surface area contributed by atoms with Crippen LogP contribution in [0.15, 0.2) is 0 Å². The van der Waals surface area contributed by atoms with Crippen molar-refractivity contribution in [2.75, 3.05) is 39.6 Å². The smallest absolute Gasteiger partial charge is 0.462 e. The Morgan fingerprint density at radius 2 is 0.447 bits per heavy atom. The van der Waals surface area contributed by atoms with Crippen molar-refractivity contribution in [1.29, 1.82) is 0 Å². The summed E-state index contributed by atoms with van der Waals surface area (Å²) in [6, 6.07) is 0. The van der Waals surface area contributed by atoms with Gasteiger partial charge in [-0.05, 0) is 43.4 Å². The van der Waals surface area contributed by atoms with Gasteiger partial charge in [0.2, 0.25) is 0 Å². The maximum absolute atomic E-state index is 13.1. The van der Waals surface area contributed by atoms with E-state index in [1.807, 2.05) is 0 Å². The van der Waals surface area contributed by atoms with E-state index in [0.717, 1.165) is 108 Å². The van der Waals surface area contributed by atoms with Gasteiger partial charge in [0.25, 0.3) is 0 Å². The van der Waals surface area contributed by atoms with Gasteiger partial charge < -0.3 is 33.8 Å². The molecule has 0 saturated carbocycles. The van der Waals surface area contributed by atoms with E-state index < -0.39 is 97.5 Å². The molecular formula is C84H164O17P2. The Labute approximate surface area is 632 Å². The lowest BCUT2D eigenvalue weighted by atomic mass is 10.0. The monoisotopic (exact) mass is 1510 g/mol. The summed E-state index contributed by atoms with van der Waals surface area (Å²) in [5.41, 5.74) is 0. The maximum Gasteiger partial charge on any atom is 0.472 e. The molecule has 0 aliphatic heterocycles. The molecule has 3 N–H and O–H groups in total. The molecule has 0 aromatic carbocycles. The molecule has 0 aromatic heterocycles. The van der Waals surface area contributed by atoms with Crippen LogP contribution >= 0.6 is 15.6 Å². The second-order valence-electron chi connectivity index (χ2n) is 31.6. The van der Waals surface area contributed by atoms with Crippen LogP contribution in [-0.2, 0) is 65.4 Å². The Kier molecular flexibility index (Phi) is 72.8. The largest absolute Gasteiger partial charge is 0.472 e. The third-order valence-corrected chi connectivity index (χ3v) is 21.5. The Morgan fingerprint density at radius 1 is 0.262 bits per heavy atom. The predicted molar refractivity (Wildman–Crippen MR) is 423 cm³/mol. The van der Waals surface area contributed by atoms with E-state index in [-0.39, 0.29) is 25.7 Å². The fourth-order valence-electron chi connectivity index (χ4n) is 13.0. The van der Waals surface area contributed by atoms with Gasteiger partial charge in [0, 0.05) is 25.7 Å². The van der Waals surface area contributed by atoms with Gasteiger partial charge in [-0.15, -0.1) is 0 Å². The summed E-state index contributed by atoms with van der Waals surface area (Å²) in [5.74, 6) is 0.276. The summed E-state index contributed by atoms with van der Waals surface area (Å²) in [6.45, 7) is 12.0. The third kappa shape index (κ3) is 78.0. The number of carbonyl (C=O) groups excluding carboxylic acids is 4. The zero-order chi connectivity index (χ0) is 75.8. The first-order valence-electron chi connectivity index (χ1n) is 43.3. The van der Waals surface area contributed by atoms with Crippen LogP contribution in [0.4, 0.5) is 0 Å². The lowest BCUT2D eigenvalue weighted by Crippen LogP contribution is -2.30. The number of hydrogen-bond donors (Lipinski definition) is 3. The van der Waals surface area contributed by atoms with Gasteiger partial charge in [-0.3, -0.25) is 37.3 Å². The molecule has 612 valence electrons. The molecule has 5 atom stereocenters. The summed E-state index contributed by atoms with van der Waals surface area (Å²) in [4.78, 5) is 73.2.